The zero-order valence-electron chi connectivity index (χ0n) is 8.59. The molecule has 0 spiro atoms. The standard InChI is InChI=1S/C9H17N3O3/c10-1-3-15-4-2-12-9(7-14)5-8(6-13)11-12/h5,13-14H,1-4,6-7,10H2. The Bertz CT molecular complexity index is 288. The van der Waals surface area contributed by atoms with E-state index in [1.807, 2.05) is 0 Å². The number of hydrogen-bond donors (Lipinski definition) is 3. The van der Waals surface area contributed by atoms with Gasteiger partial charge in [-0.25, -0.2) is 0 Å². The van der Waals surface area contributed by atoms with E-state index in [4.69, 9.17) is 20.7 Å². The summed E-state index contributed by atoms with van der Waals surface area (Å²) < 4.78 is 6.83. The van der Waals surface area contributed by atoms with Gasteiger partial charge in [0, 0.05) is 6.54 Å². The largest absolute Gasteiger partial charge is 0.390 e. The molecule has 86 valence electrons. The molecule has 0 fully saturated rings. The van der Waals surface area contributed by atoms with Crippen molar-refractivity contribution in [2.75, 3.05) is 19.8 Å². The molecule has 1 rings (SSSR count). The van der Waals surface area contributed by atoms with E-state index in [-0.39, 0.29) is 13.2 Å². The van der Waals surface area contributed by atoms with E-state index in [2.05, 4.69) is 5.10 Å². The summed E-state index contributed by atoms with van der Waals surface area (Å²) in [5.41, 5.74) is 6.50. The number of aliphatic hydroxyl groups excluding tert-OH is 2. The Morgan fingerprint density at radius 3 is 2.73 bits per heavy atom. The molecule has 15 heavy (non-hydrogen) atoms. The fourth-order valence-electron chi connectivity index (χ4n) is 1.25. The van der Waals surface area contributed by atoms with Crippen molar-refractivity contribution >= 4 is 0 Å². The van der Waals surface area contributed by atoms with Gasteiger partial charge in [-0.1, -0.05) is 0 Å². The van der Waals surface area contributed by atoms with Crippen LogP contribution in [0.25, 0.3) is 0 Å². The summed E-state index contributed by atoms with van der Waals surface area (Å²) in [6.45, 7) is 1.84. The lowest BCUT2D eigenvalue weighted by Gasteiger charge is -2.05. The van der Waals surface area contributed by atoms with E-state index >= 15 is 0 Å². The summed E-state index contributed by atoms with van der Waals surface area (Å²) in [5.74, 6) is 0. The normalized spacial score (nSPS) is 10.9. The van der Waals surface area contributed by atoms with Crippen LogP contribution >= 0.6 is 0 Å². The third kappa shape index (κ3) is 3.60. The molecule has 0 aliphatic heterocycles. The topological polar surface area (TPSA) is 93.5 Å². The SMILES string of the molecule is NCCOCCn1nc(CO)cc1CO. The van der Waals surface area contributed by atoms with Crippen molar-refractivity contribution in [1.82, 2.24) is 9.78 Å². The van der Waals surface area contributed by atoms with Gasteiger partial charge in [-0.3, -0.25) is 4.68 Å². The van der Waals surface area contributed by atoms with Crippen molar-refractivity contribution in [3.8, 4) is 0 Å². The average Bonchev–Trinajstić information content (AvgIpc) is 2.67. The first kappa shape index (κ1) is 12.1. The highest BCUT2D eigenvalue weighted by molar-refractivity contribution is 5.08. The number of aromatic nitrogens is 2. The predicted octanol–water partition coefficient (Wildman–Crippen LogP) is -1.16. The van der Waals surface area contributed by atoms with E-state index in [0.29, 0.717) is 37.7 Å². The van der Waals surface area contributed by atoms with Crippen LogP contribution in [0.3, 0.4) is 0 Å². The van der Waals surface area contributed by atoms with Crippen LogP contribution in [-0.2, 0) is 24.5 Å². The van der Waals surface area contributed by atoms with E-state index in [9.17, 15) is 0 Å². The minimum absolute atomic E-state index is 0.0934. The van der Waals surface area contributed by atoms with Crippen molar-refractivity contribution < 1.29 is 14.9 Å². The fraction of sp³-hybridized carbons (Fsp3) is 0.667. The second-order valence-corrected chi connectivity index (χ2v) is 3.07. The van der Waals surface area contributed by atoms with Crippen LogP contribution in [0.4, 0.5) is 0 Å². The van der Waals surface area contributed by atoms with Crippen LogP contribution in [-0.4, -0.2) is 39.8 Å². The molecule has 0 aliphatic carbocycles. The second kappa shape index (κ2) is 6.52. The molecule has 4 N–H and O–H groups in total. The summed E-state index contributed by atoms with van der Waals surface area (Å²) in [7, 11) is 0. The maximum atomic E-state index is 9.03. The highest BCUT2D eigenvalue weighted by Crippen LogP contribution is 2.04. The first-order valence-electron chi connectivity index (χ1n) is 4.87. The van der Waals surface area contributed by atoms with Crippen LogP contribution < -0.4 is 5.73 Å². The van der Waals surface area contributed by atoms with Crippen LogP contribution in [0.5, 0.6) is 0 Å². The molecule has 0 saturated carbocycles. The molecule has 0 unspecified atom stereocenters. The van der Waals surface area contributed by atoms with E-state index in [0.717, 1.165) is 0 Å². The van der Waals surface area contributed by atoms with E-state index in [1.54, 1.807) is 10.7 Å². The minimum atomic E-state index is -0.121. The Balaban J connectivity index is 2.47. The smallest absolute Gasteiger partial charge is 0.0882 e. The Kier molecular flexibility index (Phi) is 5.27. The van der Waals surface area contributed by atoms with Gasteiger partial charge in [-0.05, 0) is 6.07 Å². The Morgan fingerprint density at radius 1 is 1.33 bits per heavy atom. The summed E-state index contributed by atoms with van der Waals surface area (Å²) in [5, 5.41) is 22.0. The first-order chi connectivity index (χ1) is 7.31. The Morgan fingerprint density at radius 2 is 2.13 bits per heavy atom. The molecule has 1 heterocycles. The van der Waals surface area contributed by atoms with Crippen LogP contribution in [0.2, 0.25) is 0 Å². The van der Waals surface area contributed by atoms with E-state index < -0.39 is 0 Å². The first-order valence-corrected chi connectivity index (χ1v) is 4.87. The molecule has 0 bridgehead atoms. The van der Waals surface area contributed by atoms with Crippen molar-refractivity contribution in [1.29, 1.82) is 0 Å². The van der Waals surface area contributed by atoms with Gasteiger partial charge in [0.1, 0.15) is 0 Å². The molecule has 1 aromatic heterocycles. The Hall–Kier alpha value is -0.950. The van der Waals surface area contributed by atoms with Crippen LogP contribution in [0.15, 0.2) is 6.07 Å². The summed E-state index contributed by atoms with van der Waals surface area (Å²) in [4.78, 5) is 0. The third-order valence-corrected chi connectivity index (χ3v) is 1.95. The number of aliphatic hydroxyl groups is 2. The lowest BCUT2D eigenvalue weighted by Crippen LogP contribution is -2.14. The van der Waals surface area contributed by atoms with Crippen molar-refractivity contribution in [3.05, 3.63) is 17.5 Å². The second-order valence-electron chi connectivity index (χ2n) is 3.07. The van der Waals surface area contributed by atoms with Crippen LogP contribution in [0.1, 0.15) is 11.4 Å². The monoisotopic (exact) mass is 215 g/mol. The number of nitrogens with two attached hydrogens (primary N) is 1. The maximum Gasteiger partial charge on any atom is 0.0882 e. The molecule has 0 atom stereocenters. The van der Waals surface area contributed by atoms with E-state index in [1.165, 1.54) is 0 Å². The number of hydrogen-bond acceptors (Lipinski definition) is 5. The lowest BCUT2D eigenvalue weighted by atomic mass is 10.4. The highest BCUT2D eigenvalue weighted by Gasteiger charge is 2.05. The molecule has 6 heteroatoms. The van der Waals surface area contributed by atoms with Gasteiger partial charge in [-0.2, -0.15) is 5.10 Å². The zero-order chi connectivity index (χ0) is 11.1. The molecular formula is C9H17N3O3. The van der Waals surface area contributed by atoms with Gasteiger partial charge in [0.2, 0.25) is 0 Å². The van der Waals surface area contributed by atoms with Gasteiger partial charge in [-0.15, -0.1) is 0 Å². The van der Waals surface area contributed by atoms with Gasteiger partial charge in [0.25, 0.3) is 0 Å². The molecular weight excluding hydrogens is 198 g/mol. The molecule has 0 radical (unpaired) electrons. The van der Waals surface area contributed by atoms with Crippen molar-refractivity contribution in [2.24, 2.45) is 5.73 Å². The predicted molar refractivity (Wildman–Crippen MR) is 53.9 cm³/mol. The number of ether oxygens (including phenoxy) is 1. The average molecular weight is 215 g/mol. The lowest BCUT2D eigenvalue weighted by molar-refractivity contribution is 0.128. The number of rotatable bonds is 7. The molecule has 0 amide bonds. The molecule has 0 saturated heterocycles. The molecule has 1 aromatic rings. The Labute approximate surface area is 88.3 Å². The van der Waals surface area contributed by atoms with Crippen LogP contribution in [0, 0.1) is 0 Å². The summed E-state index contributed by atoms with van der Waals surface area (Å²) >= 11 is 0. The minimum Gasteiger partial charge on any atom is -0.390 e. The van der Waals surface area contributed by atoms with Gasteiger partial charge >= 0.3 is 0 Å². The molecule has 0 aliphatic rings. The number of nitrogens with zero attached hydrogens (tertiary/aromatic N) is 2. The van der Waals surface area contributed by atoms with Gasteiger partial charge in [0.05, 0.1) is 44.4 Å². The quantitative estimate of drug-likeness (QED) is 0.499. The third-order valence-electron chi connectivity index (χ3n) is 1.95. The maximum absolute atomic E-state index is 9.03. The van der Waals surface area contributed by atoms with Crippen molar-refractivity contribution in [3.63, 3.8) is 0 Å². The van der Waals surface area contributed by atoms with Gasteiger partial charge in [0.15, 0.2) is 0 Å². The van der Waals surface area contributed by atoms with Crippen molar-refractivity contribution in [2.45, 2.75) is 19.8 Å². The van der Waals surface area contributed by atoms with Gasteiger partial charge < -0.3 is 20.7 Å². The highest BCUT2D eigenvalue weighted by atomic mass is 16.5. The fourth-order valence-corrected chi connectivity index (χ4v) is 1.25. The zero-order valence-corrected chi connectivity index (χ0v) is 8.59. The summed E-state index contributed by atoms with van der Waals surface area (Å²) in [6.07, 6.45) is 0. The molecule has 0 aromatic carbocycles. The molecule has 6 nitrogen and oxygen atoms in total. The summed E-state index contributed by atoms with van der Waals surface area (Å²) in [6, 6.07) is 1.67.